The quantitative estimate of drug-likeness (QED) is 0.712. The first-order valence-electron chi connectivity index (χ1n) is 8.57. The number of nitrogens with zero attached hydrogens (tertiary/aromatic N) is 3. The number of rotatable bonds is 5. The van der Waals surface area contributed by atoms with Gasteiger partial charge in [0.2, 0.25) is 10.0 Å². The summed E-state index contributed by atoms with van der Waals surface area (Å²) in [5.41, 5.74) is 4.35. The Bertz CT molecular complexity index is 1130. The van der Waals surface area contributed by atoms with Crippen LogP contribution in [0.3, 0.4) is 0 Å². The van der Waals surface area contributed by atoms with Gasteiger partial charge in [-0.2, -0.15) is 14.2 Å². The highest BCUT2D eigenvalue weighted by Gasteiger charge is 2.32. The fourth-order valence-electron chi connectivity index (χ4n) is 3.09. The van der Waals surface area contributed by atoms with Crippen LogP contribution in [0.1, 0.15) is 27.2 Å². The predicted molar refractivity (Wildman–Crippen MR) is 101 cm³/mol. The zero-order valence-electron chi connectivity index (χ0n) is 14.7. The molecule has 1 aromatic heterocycles. The van der Waals surface area contributed by atoms with Crippen LogP contribution < -0.4 is 5.43 Å². The van der Waals surface area contributed by atoms with Gasteiger partial charge < -0.3 is 0 Å². The molecule has 2 heterocycles. The van der Waals surface area contributed by atoms with E-state index in [1.165, 1.54) is 33.5 Å². The number of sulfonamides is 1. The lowest BCUT2D eigenvalue weighted by atomic mass is 10.2. The van der Waals surface area contributed by atoms with E-state index in [1.54, 1.807) is 30.3 Å². The Morgan fingerprint density at radius 1 is 1.07 bits per heavy atom. The molecule has 0 radical (unpaired) electrons. The van der Waals surface area contributed by atoms with E-state index < -0.39 is 21.7 Å². The van der Waals surface area contributed by atoms with Crippen molar-refractivity contribution in [2.24, 2.45) is 0 Å². The summed E-state index contributed by atoms with van der Waals surface area (Å²) in [6.07, 6.45) is 1.51. The van der Waals surface area contributed by atoms with Gasteiger partial charge in [0.05, 0.1) is 29.8 Å². The summed E-state index contributed by atoms with van der Waals surface area (Å²) in [5.74, 6) is -1.40. The average molecular weight is 400 g/mol. The number of hydrogen-bond acceptors (Lipinski definition) is 4. The minimum atomic E-state index is -3.54. The Balaban J connectivity index is 1.50. The third-order valence-electron chi connectivity index (χ3n) is 4.54. The molecule has 1 aliphatic rings. The number of hydrogen-bond donors (Lipinski definition) is 1. The van der Waals surface area contributed by atoms with Gasteiger partial charge in [-0.15, -0.1) is 0 Å². The van der Waals surface area contributed by atoms with Gasteiger partial charge in [-0.25, -0.2) is 18.2 Å². The topological polar surface area (TPSA) is 84.3 Å². The van der Waals surface area contributed by atoms with E-state index in [9.17, 15) is 17.6 Å². The molecule has 9 heteroatoms. The molecule has 0 saturated carbocycles. The summed E-state index contributed by atoms with van der Waals surface area (Å²) in [5, 5.41) is 4.07. The first-order valence-corrected chi connectivity index (χ1v) is 10.2. The molecule has 1 amide bonds. The van der Waals surface area contributed by atoms with E-state index in [2.05, 4.69) is 10.5 Å². The molecule has 0 aliphatic carbocycles. The molecule has 0 bridgehead atoms. The second kappa shape index (κ2) is 7.17. The minimum absolute atomic E-state index is 0.0854. The number of halogens is 1. The van der Waals surface area contributed by atoms with Crippen LogP contribution in [0, 0.1) is 5.82 Å². The summed E-state index contributed by atoms with van der Waals surface area (Å²) in [6.45, 7) is 0.266. The maximum Gasteiger partial charge on any atom is 0.274 e. The number of benzene rings is 2. The fraction of sp³-hybridized carbons (Fsp3) is 0.158. The zero-order valence-corrected chi connectivity index (χ0v) is 15.6. The van der Waals surface area contributed by atoms with Crippen molar-refractivity contribution in [1.29, 1.82) is 0 Å². The van der Waals surface area contributed by atoms with Crippen molar-refractivity contribution in [2.45, 2.75) is 18.8 Å². The van der Waals surface area contributed by atoms with Crippen LogP contribution in [-0.4, -0.2) is 28.5 Å². The van der Waals surface area contributed by atoms with Crippen LogP contribution >= 0.6 is 0 Å². The highest BCUT2D eigenvalue weighted by molar-refractivity contribution is 7.88. The number of carbonyl (C=O) groups excluding carboxylic acids is 1. The predicted octanol–water partition coefficient (Wildman–Crippen LogP) is 2.25. The van der Waals surface area contributed by atoms with Crippen molar-refractivity contribution in [3.63, 3.8) is 0 Å². The van der Waals surface area contributed by atoms with Crippen molar-refractivity contribution >= 4 is 15.9 Å². The van der Waals surface area contributed by atoms with Crippen LogP contribution in [0.25, 0.3) is 0 Å². The molecule has 0 atom stereocenters. The van der Waals surface area contributed by atoms with Crippen molar-refractivity contribution in [2.75, 3.05) is 5.43 Å². The Labute approximate surface area is 161 Å². The van der Waals surface area contributed by atoms with Crippen LogP contribution in [0.4, 0.5) is 4.39 Å². The molecular formula is C19H17FN4O3S. The van der Waals surface area contributed by atoms with E-state index in [0.717, 1.165) is 0 Å². The molecule has 7 nitrogen and oxygen atoms in total. The Hall–Kier alpha value is -3.04. The normalized spacial score (nSPS) is 14.0. The lowest BCUT2D eigenvalue weighted by Gasteiger charge is -2.16. The van der Waals surface area contributed by atoms with Crippen LogP contribution in [0.2, 0.25) is 0 Å². The maximum atomic E-state index is 13.8. The van der Waals surface area contributed by atoms with Gasteiger partial charge in [-0.05, 0) is 17.7 Å². The Morgan fingerprint density at radius 2 is 1.79 bits per heavy atom. The van der Waals surface area contributed by atoms with Crippen LogP contribution in [-0.2, 0) is 28.9 Å². The molecule has 28 heavy (non-hydrogen) atoms. The van der Waals surface area contributed by atoms with Crippen molar-refractivity contribution in [1.82, 2.24) is 14.2 Å². The zero-order chi connectivity index (χ0) is 19.7. The van der Waals surface area contributed by atoms with Crippen LogP contribution in [0.15, 0.2) is 60.8 Å². The van der Waals surface area contributed by atoms with Gasteiger partial charge in [-0.1, -0.05) is 42.5 Å². The molecule has 0 unspecified atom stereocenters. The third kappa shape index (κ3) is 3.54. The standard InChI is InChI=1S/C19H17FN4O3S/c20-17-9-5-4-8-16(17)19(25)22-24-18-12-23(11-15(18)10-21-24)28(26,27)13-14-6-2-1-3-7-14/h1-10H,11-13H2,(H,22,25). The van der Waals surface area contributed by atoms with E-state index in [0.29, 0.717) is 16.8 Å². The van der Waals surface area contributed by atoms with Gasteiger partial charge >= 0.3 is 0 Å². The lowest BCUT2D eigenvalue weighted by molar-refractivity contribution is 0.100. The van der Waals surface area contributed by atoms with Crippen molar-refractivity contribution < 1.29 is 17.6 Å². The molecule has 0 fully saturated rings. The molecule has 1 N–H and O–H groups in total. The monoisotopic (exact) mass is 400 g/mol. The SMILES string of the molecule is O=C(Nn1ncc2c1CN(S(=O)(=O)Cc1ccccc1)C2)c1ccccc1F. The summed E-state index contributed by atoms with van der Waals surface area (Å²) in [4.78, 5) is 13.5. The smallest absolute Gasteiger partial charge is 0.267 e. The Morgan fingerprint density at radius 3 is 2.54 bits per heavy atom. The minimum Gasteiger partial charge on any atom is -0.267 e. The number of carbonyl (C=O) groups is 1. The second-order valence-corrected chi connectivity index (χ2v) is 8.43. The van der Waals surface area contributed by atoms with E-state index in [1.807, 2.05) is 6.07 Å². The molecule has 3 aromatic rings. The number of amides is 1. The molecule has 4 rings (SSSR count). The lowest BCUT2D eigenvalue weighted by Crippen LogP contribution is -2.30. The summed E-state index contributed by atoms with van der Waals surface area (Å²) >= 11 is 0. The van der Waals surface area contributed by atoms with E-state index in [4.69, 9.17) is 0 Å². The first kappa shape index (κ1) is 18.3. The number of nitrogens with one attached hydrogen (secondary N) is 1. The fourth-order valence-corrected chi connectivity index (χ4v) is 4.54. The molecule has 144 valence electrons. The molecular weight excluding hydrogens is 383 g/mol. The molecule has 0 saturated heterocycles. The highest BCUT2D eigenvalue weighted by atomic mass is 32.2. The number of aromatic nitrogens is 2. The second-order valence-electron chi connectivity index (χ2n) is 6.46. The van der Waals surface area contributed by atoms with Gasteiger partial charge in [0.25, 0.3) is 5.91 Å². The van der Waals surface area contributed by atoms with Crippen molar-refractivity contribution in [3.8, 4) is 0 Å². The Kier molecular flexibility index (Phi) is 4.70. The van der Waals surface area contributed by atoms with E-state index >= 15 is 0 Å². The largest absolute Gasteiger partial charge is 0.274 e. The highest BCUT2D eigenvalue weighted by Crippen LogP contribution is 2.26. The molecule has 0 spiro atoms. The summed E-state index contributed by atoms with van der Waals surface area (Å²) in [6, 6.07) is 14.5. The maximum absolute atomic E-state index is 13.8. The van der Waals surface area contributed by atoms with Crippen molar-refractivity contribution in [3.05, 3.63) is 89.0 Å². The summed E-state index contributed by atoms with van der Waals surface area (Å²) < 4.78 is 40.6. The van der Waals surface area contributed by atoms with Gasteiger partial charge in [-0.3, -0.25) is 4.79 Å². The third-order valence-corrected chi connectivity index (χ3v) is 6.28. The molecule has 1 aliphatic heterocycles. The first-order chi connectivity index (χ1) is 13.4. The number of fused-ring (bicyclic) bond motifs is 1. The summed E-state index contributed by atoms with van der Waals surface area (Å²) in [7, 11) is -3.54. The van der Waals surface area contributed by atoms with Crippen LogP contribution in [0.5, 0.6) is 0 Å². The van der Waals surface area contributed by atoms with Gasteiger partial charge in [0.1, 0.15) is 5.82 Å². The molecule has 2 aromatic carbocycles. The van der Waals surface area contributed by atoms with Gasteiger partial charge in [0.15, 0.2) is 0 Å². The van der Waals surface area contributed by atoms with Gasteiger partial charge in [0, 0.05) is 12.1 Å². The average Bonchev–Trinajstić information content (AvgIpc) is 3.25. The van der Waals surface area contributed by atoms with E-state index in [-0.39, 0.29) is 24.4 Å².